The Kier molecular flexibility index (Phi) is 4.78. The Morgan fingerprint density at radius 2 is 2.00 bits per heavy atom. The van der Waals surface area contributed by atoms with Crippen molar-refractivity contribution >= 4 is 15.9 Å². The Morgan fingerprint density at radius 1 is 1.25 bits per heavy atom. The topological polar surface area (TPSA) is 29.5 Å². The number of hydrogen-bond donors (Lipinski definition) is 1. The lowest BCUT2D eigenvalue weighted by Gasteiger charge is -2.15. The first-order valence-corrected chi connectivity index (χ1v) is 7.12. The highest BCUT2D eigenvalue weighted by atomic mass is 79.9. The van der Waals surface area contributed by atoms with Gasteiger partial charge in [-0.05, 0) is 37.6 Å². The molecular weight excluding hydrogens is 323 g/mol. The molecule has 0 fully saturated rings. The second kappa shape index (κ2) is 6.37. The fourth-order valence-electron chi connectivity index (χ4n) is 1.91. The molecule has 0 aromatic heterocycles. The van der Waals surface area contributed by atoms with E-state index in [1.807, 2.05) is 25.1 Å². The molecule has 106 valence electrons. The van der Waals surface area contributed by atoms with Crippen LogP contribution in [0.2, 0.25) is 0 Å². The fourth-order valence-corrected chi connectivity index (χ4v) is 2.37. The van der Waals surface area contributed by atoms with Crippen molar-refractivity contribution in [2.75, 3.05) is 0 Å². The largest absolute Gasteiger partial charge is 0.488 e. The van der Waals surface area contributed by atoms with Crippen molar-refractivity contribution in [2.24, 2.45) is 0 Å². The fraction of sp³-hybridized carbons (Fsp3) is 0.250. The van der Waals surface area contributed by atoms with E-state index in [1.165, 1.54) is 12.1 Å². The molecule has 0 radical (unpaired) electrons. The molecule has 2 nitrogen and oxygen atoms in total. The molecule has 0 aliphatic heterocycles. The molecule has 0 saturated heterocycles. The van der Waals surface area contributed by atoms with Crippen molar-refractivity contribution in [3.05, 3.63) is 63.4 Å². The van der Waals surface area contributed by atoms with Gasteiger partial charge in [-0.3, -0.25) is 0 Å². The monoisotopic (exact) mass is 338 g/mol. The van der Waals surface area contributed by atoms with E-state index in [4.69, 9.17) is 4.74 Å². The maximum atomic E-state index is 13.0. The van der Waals surface area contributed by atoms with E-state index in [0.29, 0.717) is 16.8 Å². The van der Waals surface area contributed by atoms with Crippen LogP contribution in [0.15, 0.2) is 40.9 Å². The number of aliphatic hydroxyl groups excluding tert-OH is 1. The van der Waals surface area contributed by atoms with Gasteiger partial charge in [-0.1, -0.05) is 34.1 Å². The van der Waals surface area contributed by atoms with Crippen LogP contribution in [0.1, 0.15) is 29.7 Å². The zero-order chi connectivity index (χ0) is 14.7. The molecule has 2 rings (SSSR count). The molecule has 1 unspecified atom stereocenters. The molecule has 2 aromatic rings. The first-order chi connectivity index (χ1) is 9.47. The number of aryl methyl sites for hydroxylation is 1. The highest BCUT2D eigenvalue weighted by Gasteiger charge is 2.10. The van der Waals surface area contributed by atoms with Crippen LogP contribution in [0.5, 0.6) is 5.75 Å². The number of aliphatic hydroxyl groups is 1. The van der Waals surface area contributed by atoms with Gasteiger partial charge < -0.3 is 9.84 Å². The zero-order valence-electron chi connectivity index (χ0n) is 11.4. The molecule has 1 N–H and O–H groups in total. The lowest BCUT2D eigenvalue weighted by molar-refractivity contribution is 0.190. The molecule has 0 aliphatic rings. The zero-order valence-corrected chi connectivity index (χ0v) is 12.9. The minimum absolute atomic E-state index is 0.291. The third-order valence-electron chi connectivity index (χ3n) is 3.02. The van der Waals surface area contributed by atoms with Crippen LogP contribution in [-0.2, 0) is 6.61 Å². The highest BCUT2D eigenvalue weighted by molar-refractivity contribution is 9.10. The minimum Gasteiger partial charge on any atom is -0.488 e. The Balaban J connectivity index is 2.20. The normalized spacial score (nSPS) is 12.2. The van der Waals surface area contributed by atoms with Crippen molar-refractivity contribution in [1.82, 2.24) is 0 Å². The van der Waals surface area contributed by atoms with Gasteiger partial charge in [-0.25, -0.2) is 4.39 Å². The summed E-state index contributed by atoms with van der Waals surface area (Å²) in [6.07, 6.45) is -0.595. The van der Waals surface area contributed by atoms with Gasteiger partial charge in [0.15, 0.2) is 0 Å². The van der Waals surface area contributed by atoms with Crippen LogP contribution in [0.25, 0.3) is 0 Å². The van der Waals surface area contributed by atoms with Crippen LogP contribution < -0.4 is 4.74 Å². The number of ether oxygens (including phenoxy) is 1. The SMILES string of the molecule is Cc1ccc(C(C)O)c(OCc2ccc(F)cc2Br)c1. The molecule has 2 aromatic carbocycles. The van der Waals surface area contributed by atoms with Crippen LogP contribution in [0, 0.1) is 12.7 Å². The van der Waals surface area contributed by atoms with Gasteiger partial charge in [-0.2, -0.15) is 0 Å². The molecule has 0 amide bonds. The average Bonchev–Trinajstić information content (AvgIpc) is 2.37. The molecule has 1 atom stereocenters. The van der Waals surface area contributed by atoms with E-state index in [1.54, 1.807) is 13.0 Å². The summed E-state index contributed by atoms with van der Waals surface area (Å²) in [5.74, 6) is 0.358. The van der Waals surface area contributed by atoms with E-state index in [9.17, 15) is 9.50 Å². The maximum Gasteiger partial charge on any atom is 0.125 e. The Hall–Kier alpha value is -1.39. The average molecular weight is 339 g/mol. The molecule has 0 bridgehead atoms. The number of halogens is 2. The van der Waals surface area contributed by atoms with Gasteiger partial charge in [0.25, 0.3) is 0 Å². The van der Waals surface area contributed by atoms with Crippen molar-refractivity contribution in [3.8, 4) is 5.75 Å². The number of benzene rings is 2. The smallest absolute Gasteiger partial charge is 0.125 e. The number of hydrogen-bond acceptors (Lipinski definition) is 2. The van der Waals surface area contributed by atoms with Gasteiger partial charge in [0.05, 0.1) is 6.10 Å². The van der Waals surface area contributed by atoms with E-state index in [2.05, 4.69) is 15.9 Å². The van der Waals surface area contributed by atoms with Gasteiger partial charge in [-0.15, -0.1) is 0 Å². The molecular formula is C16H16BrFO2. The van der Waals surface area contributed by atoms with Crippen LogP contribution in [0.3, 0.4) is 0 Å². The van der Waals surface area contributed by atoms with Gasteiger partial charge in [0.1, 0.15) is 18.2 Å². The standard InChI is InChI=1S/C16H16BrFO2/c1-10-3-6-14(11(2)19)16(7-10)20-9-12-4-5-13(18)8-15(12)17/h3-8,11,19H,9H2,1-2H3. The van der Waals surface area contributed by atoms with Crippen LogP contribution in [-0.4, -0.2) is 5.11 Å². The molecule has 4 heteroatoms. The molecule has 0 saturated carbocycles. The lowest BCUT2D eigenvalue weighted by atomic mass is 10.1. The van der Waals surface area contributed by atoms with Gasteiger partial charge >= 0.3 is 0 Å². The maximum absolute atomic E-state index is 13.0. The summed E-state index contributed by atoms with van der Waals surface area (Å²) in [5, 5.41) is 9.74. The second-order valence-corrected chi connectivity index (χ2v) is 5.60. The minimum atomic E-state index is -0.595. The van der Waals surface area contributed by atoms with E-state index >= 15 is 0 Å². The third-order valence-corrected chi connectivity index (χ3v) is 3.76. The van der Waals surface area contributed by atoms with Crippen molar-refractivity contribution < 1.29 is 14.2 Å². The lowest BCUT2D eigenvalue weighted by Crippen LogP contribution is -2.02. The predicted octanol–water partition coefficient (Wildman–Crippen LogP) is 4.53. The Labute approximate surface area is 126 Å². The van der Waals surface area contributed by atoms with Crippen LogP contribution in [0.4, 0.5) is 4.39 Å². The summed E-state index contributed by atoms with van der Waals surface area (Å²) in [7, 11) is 0. The van der Waals surface area contributed by atoms with E-state index in [0.717, 1.165) is 16.7 Å². The number of rotatable bonds is 4. The molecule has 0 heterocycles. The first kappa shape index (κ1) is 15.0. The van der Waals surface area contributed by atoms with Crippen LogP contribution >= 0.6 is 15.9 Å². The summed E-state index contributed by atoms with van der Waals surface area (Å²) in [6.45, 7) is 3.97. The van der Waals surface area contributed by atoms with Gasteiger partial charge in [0.2, 0.25) is 0 Å². The quantitative estimate of drug-likeness (QED) is 0.887. The van der Waals surface area contributed by atoms with E-state index < -0.39 is 6.10 Å². The summed E-state index contributed by atoms with van der Waals surface area (Å²) in [4.78, 5) is 0. The van der Waals surface area contributed by atoms with E-state index in [-0.39, 0.29) is 5.82 Å². The summed E-state index contributed by atoms with van der Waals surface area (Å²) < 4.78 is 19.5. The predicted molar refractivity (Wildman–Crippen MR) is 80.2 cm³/mol. The summed E-state index contributed by atoms with van der Waals surface area (Å²) >= 11 is 3.31. The Morgan fingerprint density at radius 3 is 2.65 bits per heavy atom. The molecule has 20 heavy (non-hydrogen) atoms. The summed E-state index contributed by atoms with van der Waals surface area (Å²) in [5.41, 5.74) is 2.65. The summed E-state index contributed by atoms with van der Waals surface area (Å²) in [6, 6.07) is 10.2. The second-order valence-electron chi connectivity index (χ2n) is 4.74. The molecule has 0 spiro atoms. The molecule has 0 aliphatic carbocycles. The third kappa shape index (κ3) is 3.58. The first-order valence-electron chi connectivity index (χ1n) is 6.32. The Bertz CT molecular complexity index is 611. The highest BCUT2D eigenvalue weighted by Crippen LogP contribution is 2.28. The van der Waals surface area contributed by atoms with Gasteiger partial charge in [0, 0.05) is 15.6 Å². The van der Waals surface area contributed by atoms with Crippen molar-refractivity contribution in [2.45, 2.75) is 26.6 Å². The van der Waals surface area contributed by atoms with Crippen molar-refractivity contribution in [3.63, 3.8) is 0 Å². The van der Waals surface area contributed by atoms with Crippen molar-refractivity contribution in [1.29, 1.82) is 0 Å².